The molecule has 0 saturated carbocycles. The van der Waals surface area contributed by atoms with Gasteiger partial charge in [0, 0.05) is 11.1 Å². The lowest BCUT2D eigenvalue weighted by Gasteiger charge is -2.24. The van der Waals surface area contributed by atoms with E-state index in [1.165, 1.54) is 0 Å². The number of aromatic hydroxyl groups is 1. The van der Waals surface area contributed by atoms with Gasteiger partial charge in [0.25, 0.3) is 0 Å². The van der Waals surface area contributed by atoms with E-state index in [9.17, 15) is 9.67 Å². The Kier molecular flexibility index (Phi) is 7.38. The minimum absolute atomic E-state index is 0.116. The van der Waals surface area contributed by atoms with Crippen molar-refractivity contribution in [1.29, 1.82) is 0 Å². The zero-order chi connectivity index (χ0) is 18.3. The van der Waals surface area contributed by atoms with E-state index >= 15 is 0 Å². The average Bonchev–Trinajstić information content (AvgIpc) is 2.61. The van der Waals surface area contributed by atoms with Gasteiger partial charge in [-0.15, -0.1) is 0 Å². The normalized spacial score (nSPS) is 12.8. The van der Waals surface area contributed by atoms with Crippen LogP contribution < -0.4 is 4.74 Å². The van der Waals surface area contributed by atoms with Crippen molar-refractivity contribution in [3.8, 4) is 11.5 Å². The van der Waals surface area contributed by atoms with Crippen LogP contribution >= 0.6 is 18.2 Å². The van der Waals surface area contributed by atoms with Gasteiger partial charge < -0.3 is 18.9 Å². The third-order valence-electron chi connectivity index (χ3n) is 3.45. The second-order valence-electron chi connectivity index (χ2n) is 5.07. The molecule has 5 nitrogen and oxygen atoms in total. The van der Waals surface area contributed by atoms with Gasteiger partial charge in [-0.1, -0.05) is 36.4 Å². The van der Waals surface area contributed by atoms with Crippen molar-refractivity contribution >= 4 is 18.2 Å². The summed E-state index contributed by atoms with van der Waals surface area (Å²) < 4.78 is 29.4. The van der Waals surface area contributed by atoms with E-state index in [2.05, 4.69) is 0 Å². The van der Waals surface area contributed by atoms with E-state index in [1.54, 1.807) is 39.2 Å². The fourth-order valence-electron chi connectivity index (χ4n) is 2.42. The monoisotopic (exact) mass is 382 g/mol. The van der Waals surface area contributed by atoms with E-state index in [0.717, 1.165) is 16.9 Å². The van der Waals surface area contributed by atoms with Gasteiger partial charge in [-0.2, -0.15) is 0 Å². The van der Waals surface area contributed by atoms with Crippen LogP contribution in [0.15, 0.2) is 48.5 Å². The molecule has 0 bridgehead atoms. The topological polar surface area (TPSA) is 65.0 Å². The Morgan fingerprint density at radius 2 is 1.56 bits per heavy atom. The highest BCUT2D eigenvalue weighted by Crippen LogP contribution is 2.67. The van der Waals surface area contributed by atoms with Gasteiger partial charge in [-0.05, 0) is 37.4 Å². The fraction of sp³-hybridized carbons (Fsp3) is 0.333. The third kappa shape index (κ3) is 5.02. The van der Waals surface area contributed by atoms with Crippen molar-refractivity contribution in [3.05, 3.63) is 59.7 Å². The van der Waals surface area contributed by atoms with Crippen molar-refractivity contribution in [1.82, 2.24) is 0 Å². The second-order valence-corrected chi connectivity index (χ2v) is 9.14. The first-order valence-electron chi connectivity index (χ1n) is 8.03. The third-order valence-corrected chi connectivity index (χ3v) is 7.61. The molecule has 1 unspecified atom stereocenters. The molecule has 25 heavy (non-hydrogen) atoms. The van der Waals surface area contributed by atoms with E-state index in [-0.39, 0.29) is 19.0 Å². The summed E-state index contributed by atoms with van der Waals surface area (Å²) in [7, 11) is 1.58. The second kappa shape index (κ2) is 9.30. The smallest absolute Gasteiger partial charge is 0.390 e. The van der Waals surface area contributed by atoms with Gasteiger partial charge in [0.05, 0.1) is 25.6 Å². The average molecular weight is 382 g/mol. The lowest BCUT2D eigenvalue weighted by atomic mass is 10.0. The minimum atomic E-state index is -3.41. The molecule has 0 saturated heterocycles. The Balaban J connectivity index is 2.53. The molecule has 2 rings (SSSR count). The van der Waals surface area contributed by atoms with Crippen LogP contribution in [0.5, 0.6) is 11.5 Å². The van der Waals surface area contributed by atoms with Crippen LogP contribution in [0, 0.1) is 0 Å². The first-order valence-corrected chi connectivity index (χ1v) is 11.1. The molecule has 2 aromatic rings. The van der Waals surface area contributed by atoms with E-state index in [4.69, 9.17) is 13.8 Å². The molecule has 1 N–H and O–H groups in total. The molecule has 0 fully saturated rings. The van der Waals surface area contributed by atoms with Crippen molar-refractivity contribution in [2.24, 2.45) is 0 Å². The number of rotatable bonds is 9. The van der Waals surface area contributed by atoms with Crippen LogP contribution in [-0.4, -0.2) is 25.4 Å². The molecular weight excluding hydrogens is 359 g/mol. The Hall–Kier alpha value is -1.46. The first kappa shape index (κ1) is 19.9. The van der Waals surface area contributed by atoms with Gasteiger partial charge in [0.15, 0.2) is 0 Å². The molecule has 0 aliphatic carbocycles. The molecule has 7 heteroatoms. The predicted molar refractivity (Wildman–Crippen MR) is 101 cm³/mol. The SMILES string of the molecule is CCOP(=O)(OCC)SC(c1ccccc1O)c1ccccc1OC. The zero-order valence-corrected chi connectivity index (χ0v) is 16.3. The maximum Gasteiger partial charge on any atom is 0.390 e. The van der Waals surface area contributed by atoms with Gasteiger partial charge >= 0.3 is 6.80 Å². The summed E-state index contributed by atoms with van der Waals surface area (Å²) in [6, 6.07) is 14.4. The molecule has 0 aromatic heterocycles. The summed E-state index contributed by atoms with van der Waals surface area (Å²) in [5, 5.41) is 9.87. The van der Waals surface area contributed by atoms with Gasteiger partial charge in [-0.25, -0.2) is 4.57 Å². The van der Waals surface area contributed by atoms with Gasteiger partial charge in [0.1, 0.15) is 11.5 Å². The van der Waals surface area contributed by atoms with Crippen LogP contribution in [0.3, 0.4) is 0 Å². The molecule has 0 heterocycles. The molecule has 136 valence electrons. The molecular formula is C18H23O5PS. The quantitative estimate of drug-likeness (QED) is 0.586. The summed E-state index contributed by atoms with van der Waals surface area (Å²) in [4.78, 5) is 0. The minimum Gasteiger partial charge on any atom is -0.508 e. The van der Waals surface area contributed by atoms with Crippen LogP contribution in [0.4, 0.5) is 0 Å². The number of ether oxygens (including phenoxy) is 1. The molecule has 0 aliphatic heterocycles. The number of phenolic OH excluding ortho intramolecular Hbond substituents is 1. The molecule has 0 spiro atoms. The highest BCUT2D eigenvalue weighted by Gasteiger charge is 2.34. The van der Waals surface area contributed by atoms with Crippen LogP contribution in [0.1, 0.15) is 30.2 Å². The van der Waals surface area contributed by atoms with Crippen molar-refractivity contribution in [3.63, 3.8) is 0 Å². The summed E-state index contributed by atoms with van der Waals surface area (Å²) >= 11 is 1.06. The van der Waals surface area contributed by atoms with E-state index < -0.39 is 12.0 Å². The van der Waals surface area contributed by atoms with Crippen LogP contribution in [-0.2, 0) is 13.6 Å². The molecule has 1 atom stereocenters. The zero-order valence-electron chi connectivity index (χ0n) is 14.5. The molecule has 0 radical (unpaired) electrons. The number of para-hydroxylation sites is 2. The number of phenols is 1. The Bertz CT molecular complexity index is 727. The predicted octanol–water partition coefficient (Wildman–Crippen LogP) is 5.40. The van der Waals surface area contributed by atoms with Crippen molar-refractivity contribution in [2.75, 3.05) is 20.3 Å². The van der Waals surface area contributed by atoms with Gasteiger partial charge in [0.2, 0.25) is 0 Å². The number of hydrogen-bond acceptors (Lipinski definition) is 6. The number of hydrogen-bond donors (Lipinski definition) is 1. The molecule has 2 aromatic carbocycles. The fourth-order valence-corrected chi connectivity index (χ4v) is 6.58. The maximum atomic E-state index is 13.1. The summed E-state index contributed by atoms with van der Waals surface area (Å²) in [5.74, 6) is 0.758. The Morgan fingerprint density at radius 1 is 1.00 bits per heavy atom. The Labute approximate surface area is 152 Å². The lowest BCUT2D eigenvalue weighted by Crippen LogP contribution is -2.03. The van der Waals surface area contributed by atoms with Crippen LogP contribution in [0.2, 0.25) is 0 Å². The first-order chi connectivity index (χ1) is 12.0. The highest BCUT2D eigenvalue weighted by molar-refractivity contribution is 8.55. The standard InChI is InChI=1S/C18H23O5PS/c1-4-22-24(20,23-5-2)25-18(14-10-6-8-12-16(14)19)15-11-7-9-13-17(15)21-3/h6-13,18-19H,4-5H2,1-3H3. The summed E-state index contributed by atoms with van der Waals surface area (Å²) in [5.41, 5.74) is 1.41. The maximum absolute atomic E-state index is 13.1. The number of methoxy groups -OCH3 is 1. The van der Waals surface area contributed by atoms with Crippen LogP contribution in [0.25, 0.3) is 0 Å². The lowest BCUT2D eigenvalue weighted by molar-refractivity contribution is 0.236. The highest BCUT2D eigenvalue weighted by atomic mass is 32.7. The Morgan fingerprint density at radius 3 is 2.12 bits per heavy atom. The number of benzene rings is 2. The van der Waals surface area contributed by atoms with E-state index in [0.29, 0.717) is 11.3 Å². The summed E-state index contributed by atoms with van der Waals surface area (Å²) in [6.45, 7) is 0.665. The van der Waals surface area contributed by atoms with Gasteiger partial charge in [-0.3, -0.25) is 0 Å². The van der Waals surface area contributed by atoms with E-state index in [1.807, 2.05) is 30.3 Å². The molecule has 0 aliphatic rings. The van der Waals surface area contributed by atoms with Crippen molar-refractivity contribution < 1.29 is 23.5 Å². The largest absolute Gasteiger partial charge is 0.508 e. The van der Waals surface area contributed by atoms with Crippen molar-refractivity contribution in [2.45, 2.75) is 19.1 Å². The molecule has 0 amide bonds. The summed E-state index contributed by atoms with van der Waals surface area (Å²) in [6.07, 6.45) is 0.